The summed E-state index contributed by atoms with van der Waals surface area (Å²) in [6, 6.07) is 4.42. The van der Waals surface area contributed by atoms with Gasteiger partial charge in [0.1, 0.15) is 5.69 Å². The summed E-state index contributed by atoms with van der Waals surface area (Å²) in [6.07, 6.45) is -2.52. The zero-order valence-corrected chi connectivity index (χ0v) is 24.6. The van der Waals surface area contributed by atoms with Crippen molar-refractivity contribution in [3.8, 4) is 0 Å². The van der Waals surface area contributed by atoms with Crippen molar-refractivity contribution in [2.45, 2.75) is 75.9 Å². The van der Waals surface area contributed by atoms with Crippen LogP contribution in [0.5, 0.6) is 0 Å². The van der Waals surface area contributed by atoms with E-state index in [-0.39, 0.29) is 5.69 Å². The molecule has 0 amide bonds. The number of carboxylic acids is 4. The minimum Gasteiger partial charge on any atom is -0.477 e. The smallest absolute Gasteiger partial charge is 0.477 e. The molecule has 2 saturated heterocycles. The molecular formula is C27H34F9N3O8. The SMILES string of the molecule is O=C(O)C(F)(F)F.O=C(O)C(F)(F)F.O=C(O)C(F)(F)F.O=C(O)c1ccc(N2CCC(CC3CCN(C4CCC4)CC3)CC2)cn1. The van der Waals surface area contributed by atoms with E-state index in [0.29, 0.717) is 0 Å². The summed E-state index contributed by atoms with van der Waals surface area (Å²) in [6.45, 7) is 4.80. The lowest BCUT2D eigenvalue weighted by Crippen LogP contribution is -2.45. The second-order valence-electron chi connectivity index (χ2n) is 10.8. The summed E-state index contributed by atoms with van der Waals surface area (Å²) < 4.78 is 95.2. The van der Waals surface area contributed by atoms with Gasteiger partial charge in [0.05, 0.1) is 11.9 Å². The molecule has 3 fully saturated rings. The van der Waals surface area contributed by atoms with Gasteiger partial charge in [-0.1, -0.05) is 6.42 Å². The lowest BCUT2D eigenvalue weighted by molar-refractivity contribution is -0.193. The fourth-order valence-electron chi connectivity index (χ4n) is 4.90. The molecule has 0 unspecified atom stereocenters. The van der Waals surface area contributed by atoms with Crippen LogP contribution in [-0.4, -0.2) is 105 Å². The number of halogens is 9. The second-order valence-corrected chi connectivity index (χ2v) is 10.8. The van der Waals surface area contributed by atoms with E-state index in [0.717, 1.165) is 36.7 Å². The molecule has 20 heteroatoms. The molecule has 1 aliphatic carbocycles. The summed E-state index contributed by atoms with van der Waals surface area (Å²) in [5, 5.41) is 30.3. The van der Waals surface area contributed by atoms with Crippen molar-refractivity contribution < 1.29 is 79.1 Å². The summed E-state index contributed by atoms with van der Waals surface area (Å²) in [5.74, 6) is -7.44. The molecule has 3 heterocycles. The van der Waals surface area contributed by atoms with E-state index in [2.05, 4.69) is 14.8 Å². The monoisotopic (exact) mass is 699 g/mol. The van der Waals surface area contributed by atoms with Crippen LogP contribution in [0.1, 0.15) is 61.9 Å². The third-order valence-corrected chi connectivity index (χ3v) is 7.58. The first-order chi connectivity index (χ1) is 21.5. The normalized spacial score (nSPS) is 18.2. The highest BCUT2D eigenvalue weighted by atomic mass is 19.4. The van der Waals surface area contributed by atoms with Gasteiger partial charge in [-0.15, -0.1) is 0 Å². The van der Waals surface area contributed by atoms with E-state index in [1.165, 1.54) is 64.5 Å². The van der Waals surface area contributed by atoms with Gasteiger partial charge in [0.25, 0.3) is 0 Å². The third-order valence-electron chi connectivity index (χ3n) is 7.58. The Morgan fingerprint density at radius 1 is 0.660 bits per heavy atom. The van der Waals surface area contributed by atoms with Crippen LogP contribution in [0.4, 0.5) is 45.2 Å². The number of rotatable bonds is 5. The molecule has 4 rings (SSSR count). The number of anilines is 1. The Kier molecular flexibility index (Phi) is 15.7. The Labute approximate surface area is 262 Å². The van der Waals surface area contributed by atoms with Gasteiger partial charge in [-0.2, -0.15) is 39.5 Å². The molecule has 268 valence electrons. The van der Waals surface area contributed by atoms with Gasteiger partial charge in [-0.3, -0.25) is 0 Å². The maximum atomic E-state index is 10.9. The van der Waals surface area contributed by atoms with E-state index >= 15 is 0 Å². The maximum absolute atomic E-state index is 10.9. The predicted octanol–water partition coefficient (Wildman–Crippen LogP) is 5.55. The number of carboxylic acid groups (broad SMARTS) is 4. The first kappa shape index (κ1) is 41.2. The number of pyridine rings is 1. The number of carbonyl (C=O) groups is 4. The zero-order chi connectivity index (χ0) is 36.2. The van der Waals surface area contributed by atoms with Crippen LogP contribution >= 0.6 is 0 Å². The minimum absolute atomic E-state index is 0.122. The van der Waals surface area contributed by atoms with Crippen molar-refractivity contribution in [1.29, 1.82) is 0 Å². The molecule has 1 aromatic rings. The lowest BCUT2D eigenvalue weighted by atomic mass is 9.81. The molecule has 3 aliphatic rings. The number of aromatic carboxylic acids is 1. The summed E-state index contributed by atoms with van der Waals surface area (Å²) in [7, 11) is 0. The largest absolute Gasteiger partial charge is 0.490 e. The van der Waals surface area contributed by atoms with Crippen LogP contribution in [0.2, 0.25) is 0 Å². The Morgan fingerprint density at radius 3 is 1.32 bits per heavy atom. The standard InChI is InChI=1S/C21H31N3O2.3C2HF3O2/c25-21(26)20-5-4-19(15-22-20)24-12-8-17(9-13-24)14-16-6-10-23(11-7-16)18-2-1-3-18;3*3-2(4,5)1(6)7/h4-5,15-18H,1-3,6-14H2,(H,25,26);3*(H,6,7). The average molecular weight is 700 g/mol. The van der Waals surface area contributed by atoms with E-state index in [9.17, 15) is 44.3 Å². The highest BCUT2D eigenvalue weighted by Gasteiger charge is 2.39. The molecule has 0 aromatic carbocycles. The Bertz CT molecular complexity index is 1100. The number of likely N-dealkylation sites (tertiary alicyclic amines) is 1. The highest BCUT2D eigenvalue weighted by Crippen LogP contribution is 2.34. The van der Waals surface area contributed by atoms with Crippen LogP contribution in [0.25, 0.3) is 0 Å². The molecule has 11 nitrogen and oxygen atoms in total. The average Bonchev–Trinajstić information content (AvgIpc) is 2.93. The van der Waals surface area contributed by atoms with Crippen molar-refractivity contribution in [3.63, 3.8) is 0 Å². The number of aliphatic carboxylic acids is 3. The second kappa shape index (κ2) is 17.9. The van der Waals surface area contributed by atoms with E-state index < -0.39 is 42.4 Å². The molecule has 0 radical (unpaired) electrons. The summed E-state index contributed by atoms with van der Waals surface area (Å²) in [5.41, 5.74) is 1.18. The molecule has 4 N–H and O–H groups in total. The summed E-state index contributed by atoms with van der Waals surface area (Å²) >= 11 is 0. The first-order valence-corrected chi connectivity index (χ1v) is 14.1. The molecule has 0 atom stereocenters. The van der Waals surface area contributed by atoms with Gasteiger partial charge in [-0.25, -0.2) is 24.2 Å². The van der Waals surface area contributed by atoms with Crippen molar-refractivity contribution in [2.75, 3.05) is 31.1 Å². The Morgan fingerprint density at radius 2 is 1.04 bits per heavy atom. The Balaban J connectivity index is 0.000000430. The molecule has 1 aromatic heterocycles. The third kappa shape index (κ3) is 15.5. The molecule has 0 spiro atoms. The molecule has 1 saturated carbocycles. The number of aromatic nitrogens is 1. The zero-order valence-electron chi connectivity index (χ0n) is 24.6. The number of nitrogens with zero attached hydrogens (tertiary/aromatic N) is 3. The number of hydrogen-bond acceptors (Lipinski definition) is 7. The number of piperidine rings is 2. The van der Waals surface area contributed by atoms with E-state index in [1.807, 2.05) is 6.07 Å². The van der Waals surface area contributed by atoms with Crippen LogP contribution in [0.3, 0.4) is 0 Å². The quantitative estimate of drug-likeness (QED) is 0.285. The first-order valence-electron chi connectivity index (χ1n) is 14.1. The van der Waals surface area contributed by atoms with Crippen molar-refractivity contribution in [2.24, 2.45) is 11.8 Å². The van der Waals surface area contributed by atoms with Crippen molar-refractivity contribution in [1.82, 2.24) is 9.88 Å². The van der Waals surface area contributed by atoms with Gasteiger partial charge in [-0.05, 0) is 82.0 Å². The van der Waals surface area contributed by atoms with Gasteiger partial charge < -0.3 is 30.2 Å². The van der Waals surface area contributed by atoms with Gasteiger partial charge in [0.15, 0.2) is 0 Å². The van der Waals surface area contributed by atoms with Crippen molar-refractivity contribution >= 4 is 29.6 Å². The van der Waals surface area contributed by atoms with Crippen LogP contribution in [0.15, 0.2) is 18.3 Å². The van der Waals surface area contributed by atoms with Crippen LogP contribution in [-0.2, 0) is 14.4 Å². The number of alkyl halides is 9. The van der Waals surface area contributed by atoms with Crippen molar-refractivity contribution in [3.05, 3.63) is 24.0 Å². The molecule has 47 heavy (non-hydrogen) atoms. The molecule has 2 aliphatic heterocycles. The molecular weight excluding hydrogens is 665 g/mol. The van der Waals surface area contributed by atoms with Crippen LogP contribution < -0.4 is 4.90 Å². The Hall–Kier alpha value is -3.84. The summed E-state index contributed by atoms with van der Waals surface area (Å²) in [4.78, 5) is 46.8. The highest BCUT2D eigenvalue weighted by molar-refractivity contribution is 5.85. The fraction of sp³-hybridized carbons (Fsp3) is 0.667. The fourth-order valence-corrected chi connectivity index (χ4v) is 4.90. The van der Waals surface area contributed by atoms with Crippen LogP contribution in [0, 0.1) is 11.8 Å². The van der Waals surface area contributed by atoms with Gasteiger partial charge >= 0.3 is 42.4 Å². The van der Waals surface area contributed by atoms with Gasteiger partial charge in [0, 0.05) is 19.1 Å². The maximum Gasteiger partial charge on any atom is 0.490 e. The predicted molar refractivity (Wildman–Crippen MR) is 144 cm³/mol. The van der Waals surface area contributed by atoms with E-state index in [4.69, 9.17) is 34.8 Å². The van der Waals surface area contributed by atoms with E-state index in [1.54, 1.807) is 12.3 Å². The lowest BCUT2D eigenvalue weighted by Gasteiger charge is -2.43. The topological polar surface area (TPSA) is 169 Å². The number of hydrogen-bond donors (Lipinski definition) is 4. The minimum atomic E-state index is -5.08. The molecule has 0 bridgehead atoms. The van der Waals surface area contributed by atoms with Gasteiger partial charge in [0.2, 0.25) is 0 Å².